The van der Waals surface area contributed by atoms with E-state index in [9.17, 15) is 0 Å². The normalized spacial score (nSPS) is 10.3. The molecule has 0 bridgehead atoms. The van der Waals surface area contributed by atoms with Crippen molar-refractivity contribution in [2.75, 3.05) is 0 Å². The summed E-state index contributed by atoms with van der Waals surface area (Å²) >= 11 is 0. The molecule has 0 aliphatic heterocycles. The quantitative estimate of drug-likeness (QED) is 0.228. The van der Waals surface area contributed by atoms with Crippen molar-refractivity contribution in [1.82, 2.24) is 0 Å². The number of hydrogen-bond donors (Lipinski definition) is 1. The van der Waals surface area contributed by atoms with Gasteiger partial charge in [-0.15, -0.1) is 0 Å². The number of hydrogen-bond acceptors (Lipinski definition) is 2. The van der Waals surface area contributed by atoms with Crippen LogP contribution in [0.5, 0.6) is 0 Å². The van der Waals surface area contributed by atoms with Crippen LogP contribution in [-0.2, 0) is 0 Å². The molecule has 0 aromatic heterocycles. The Bertz CT molecular complexity index is 62.7. The molecule has 0 unspecified atom stereocenters. The summed E-state index contributed by atoms with van der Waals surface area (Å²) in [7, 11) is 0. The van der Waals surface area contributed by atoms with Crippen molar-refractivity contribution in [3.63, 3.8) is 0 Å². The van der Waals surface area contributed by atoms with Crippen molar-refractivity contribution in [3.8, 4) is 0 Å². The Balaban J connectivity index is 0. The van der Waals surface area contributed by atoms with E-state index in [1.807, 2.05) is 6.92 Å². The molecule has 0 aliphatic carbocycles. The van der Waals surface area contributed by atoms with Crippen molar-refractivity contribution >= 4 is 35.3 Å². The molecule has 0 heterocycles. The molecule has 0 aliphatic rings. The summed E-state index contributed by atoms with van der Waals surface area (Å²) in [5, 5.41) is 10.8. The first-order valence-corrected chi connectivity index (χ1v) is 1.98. The topological polar surface area (TPSA) is 32.6 Å². The molecule has 0 amide bonds. The van der Waals surface area contributed by atoms with Gasteiger partial charge >= 0.3 is 29.6 Å². The van der Waals surface area contributed by atoms with E-state index in [2.05, 4.69) is 5.16 Å². The van der Waals surface area contributed by atoms with Gasteiger partial charge in [0, 0.05) is 0 Å². The molecule has 0 aromatic rings. The second kappa shape index (κ2) is 6.47. The number of oxime groups is 1. The molecule has 0 saturated carbocycles. The molecule has 0 radical (unpaired) electrons. The SMILES string of the molecule is CC/C(C)=N/O.[NaH]. The average Bonchev–Trinajstić information content (AvgIpc) is 1.65. The van der Waals surface area contributed by atoms with E-state index in [0.29, 0.717) is 0 Å². The van der Waals surface area contributed by atoms with Gasteiger partial charge in [-0.2, -0.15) is 0 Å². The van der Waals surface area contributed by atoms with Gasteiger partial charge in [0.05, 0.1) is 5.71 Å². The standard InChI is InChI=1S/C4H9NO.Na.H/c1-3-4(2)5-6;;/h6H,3H2,1-2H3;;/b5-4+;;. The van der Waals surface area contributed by atoms with Crippen LogP contribution in [0.25, 0.3) is 0 Å². The van der Waals surface area contributed by atoms with Crippen LogP contribution in [0.3, 0.4) is 0 Å². The van der Waals surface area contributed by atoms with Crippen molar-refractivity contribution in [2.24, 2.45) is 5.16 Å². The van der Waals surface area contributed by atoms with E-state index < -0.39 is 0 Å². The first kappa shape index (κ1) is 10.5. The van der Waals surface area contributed by atoms with Gasteiger partial charge in [0.2, 0.25) is 0 Å². The Labute approximate surface area is 65.9 Å². The van der Waals surface area contributed by atoms with E-state index in [4.69, 9.17) is 5.21 Å². The first-order valence-electron chi connectivity index (χ1n) is 1.98. The molecular formula is C4H10NNaO. The summed E-state index contributed by atoms with van der Waals surface area (Å²) in [4.78, 5) is 0. The molecule has 38 valence electrons. The Morgan fingerprint density at radius 2 is 2.14 bits per heavy atom. The van der Waals surface area contributed by atoms with E-state index >= 15 is 0 Å². The maximum atomic E-state index is 7.92. The Morgan fingerprint density at radius 1 is 1.71 bits per heavy atom. The van der Waals surface area contributed by atoms with Gasteiger partial charge in [-0.1, -0.05) is 12.1 Å². The van der Waals surface area contributed by atoms with Crippen molar-refractivity contribution in [3.05, 3.63) is 0 Å². The van der Waals surface area contributed by atoms with Gasteiger partial charge in [0.25, 0.3) is 0 Å². The fourth-order valence-corrected chi connectivity index (χ4v) is 0.0707. The minimum atomic E-state index is 0. The van der Waals surface area contributed by atoms with Crippen LogP contribution in [0.15, 0.2) is 5.16 Å². The minimum absolute atomic E-state index is 0. The molecule has 0 fully saturated rings. The van der Waals surface area contributed by atoms with Gasteiger partial charge < -0.3 is 5.21 Å². The van der Waals surface area contributed by atoms with Crippen LogP contribution in [0.2, 0.25) is 0 Å². The summed E-state index contributed by atoms with van der Waals surface area (Å²) in [6, 6.07) is 0. The summed E-state index contributed by atoms with van der Waals surface area (Å²) < 4.78 is 0. The molecule has 0 rings (SSSR count). The fraction of sp³-hybridized carbons (Fsp3) is 0.750. The van der Waals surface area contributed by atoms with Crippen molar-refractivity contribution < 1.29 is 5.21 Å². The molecule has 3 heteroatoms. The molecule has 7 heavy (non-hydrogen) atoms. The third-order valence-corrected chi connectivity index (χ3v) is 0.682. The van der Waals surface area contributed by atoms with Crippen LogP contribution in [-0.4, -0.2) is 40.5 Å². The summed E-state index contributed by atoms with van der Waals surface area (Å²) in [6.45, 7) is 3.72. The zero-order valence-electron chi connectivity index (χ0n) is 4.10. The number of rotatable bonds is 1. The van der Waals surface area contributed by atoms with Gasteiger partial charge in [0.15, 0.2) is 0 Å². The zero-order valence-corrected chi connectivity index (χ0v) is 4.10. The molecule has 0 aromatic carbocycles. The van der Waals surface area contributed by atoms with Gasteiger partial charge in [0.1, 0.15) is 0 Å². The number of nitrogens with zero attached hydrogens (tertiary/aromatic N) is 1. The molecule has 0 spiro atoms. The molecule has 1 N–H and O–H groups in total. The predicted octanol–water partition coefficient (Wildman–Crippen LogP) is 0.598. The van der Waals surface area contributed by atoms with Crippen molar-refractivity contribution in [1.29, 1.82) is 0 Å². The third kappa shape index (κ3) is 6.47. The predicted molar refractivity (Wildman–Crippen MR) is 32.3 cm³/mol. The monoisotopic (exact) mass is 111 g/mol. The van der Waals surface area contributed by atoms with Crippen LogP contribution >= 0.6 is 0 Å². The first-order chi connectivity index (χ1) is 2.81. The summed E-state index contributed by atoms with van der Waals surface area (Å²) in [5.74, 6) is 0. The van der Waals surface area contributed by atoms with Crippen LogP contribution < -0.4 is 0 Å². The summed E-state index contributed by atoms with van der Waals surface area (Å²) in [6.07, 6.45) is 0.830. The van der Waals surface area contributed by atoms with Gasteiger partial charge in [-0.05, 0) is 13.3 Å². The second-order valence-electron chi connectivity index (χ2n) is 1.19. The van der Waals surface area contributed by atoms with E-state index in [0.717, 1.165) is 12.1 Å². The molecule has 0 saturated heterocycles. The Kier molecular flexibility index (Phi) is 9.66. The van der Waals surface area contributed by atoms with Gasteiger partial charge in [-0.25, -0.2) is 0 Å². The molecular weight excluding hydrogens is 101 g/mol. The zero-order chi connectivity index (χ0) is 4.99. The van der Waals surface area contributed by atoms with E-state index in [-0.39, 0.29) is 29.6 Å². The Morgan fingerprint density at radius 3 is 2.14 bits per heavy atom. The fourth-order valence-electron chi connectivity index (χ4n) is 0.0707. The van der Waals surface area contributed by atoms with Crippen LogP contribution in [0.1, 0.15) is 20.3 Å². The van der Waals surface area contributed by atoms with Crippen LogP contribution in [0.4, 0.5) is 0 Å². The molecule has 2 nitrogen and oxygen atoms in total. The van der Waals surface area contributed by atoms with Crippen molar-refractivity contribution in [2.45, 2.75) is 20.3 Å². The Hall–Kier alpha value is 0.470. The third-order valence-electron chi connectivity index (χ3n) is 0.682. The average molecular weight is 111 g/mol. The van der Waals surface area contributed by atoms with E-state index in [1.54, 1.807) is 6.92 Å². The second-order valence-corrected chi connectivity index (χ2v) is 1.19. The van der Waals surface area contributed by atoms with Gasteiger partial charge in [-0.3, -0.25) is 0 Å². The van der Waals surface area contributed by atoms with E-state index in [1.165, 1.54) is 0 Å². The molecule has 0 atom stereocenters. The summed E-state index contributed by atoms with van der Waals surface area (Å²) in [5.41, 5.74) is 0.773. The van der Waals surface area contributed by atoms with Crippen LogP contribution in [0, 0.1) is 0 Å². The maximum absolute atomic E-state index is 7.92.